The molecule has 2 aliphatic rings. The highest BCUT2D eigenvalue weighted by molar-refractivity contribution is 7.07. The van der Waals surface area contributed by atoms with Crippen molar-refractivity contribution in [2.45, 2.75) is 64.0 Å². The third-order valence-electron chi connectivity index (χ3n) is 9.18. The molecular weight excluding hydrogens is 615 g/mol. The first kappa shape index (κ1) is 33.3. The normalized spacial score (nSPS) is 20.8. The zero-order valence-electron chi connectivity index (χ0n) is 26.1. The van der Waals surface area contributed by atoms with Crippen LogP contribution in [0.5, 0.6) is 0 Å². The summed E-state index contributed by atoms with van der Waals surface area (Å²) in [5.41, 5.74) is 0.633. The second kappa shape index (κ2) is 15.0. The molecule has 46 heavy (non-hydrogen) atoms. The van der Waals surface area contributed by atoms with Crippen LogP contribution < -0.4 is 10.6 Å². The molecule has 1 saturated carbocycles. The smallest absolute Gasteiger partial charge is 0.275 e. The zero-order valence-corrected chi connectivity index (χ0v) is 27.0. The van der Waals surface area contributed by atoms with Gasteiger partial charge in [0.15, 0.2) is 11.5 Å². The van der Waals surface area contributed by atoms with E-state index >= 15 is 4.39 Å². The van der Waals surface area contributed by atoms with Crippen molar-refractivity contribution in [2.24, 2.45) is 11.8 Å². The quantitative estimate of drug-likeness (QED) is 0.314. The lowest BCUT2D eigenvalue weighted by Gasteiger charge is -2.36. The largest absolute Gasteiger partial charge is 0.340 e. The van der Waals surface area contributed by atoms with Crippen LogP contribution in [0.3, 0.4) is 0 Å². The first-order chi connectivity index (χ1) is 22.1. The van der Waals surface area contributed by atoms with Crippen LogP contribution in [0, 0.1) is 17.7 Å². The van der Waals surface area contributed by atoms with Crippen LogP contribution in [0.4, 0.5) is 4.39 Å². The van der Waals surface area contributed by atoms with Gasteiger partial charge in [-0.05, 0) is 65.6 Å². The van der Waals surface area contributed by atoms with Gasteiger partial charge in [0.05, 0.1) is 12.2 Å². The van der Waals surface area contributed by atoms with E-state index in [-0.39, 0.29) is 40.2 Å². The number of nitrogens with one attached hydrogen (secondary N) is 2. The van der Waals surface area contributed by atoms with Gasteiger partial charge in [0.1, 0.15) is 22.9 Å². The monoisotopic (exact) mass is 654 g/mol. The predicted octanol–water partition coefficient (Wildman–Crippen LogP) is 2.47. The second-order valence-corrected chi connectivity index (χ2v) is 13.2. The van der Waals surface area contributed by atoms with Crippen molar-refractivity contribution in [3.63, 3.8) is 0 Å². The average Bonchev–Trinajstić information content (AvgIpc) is 3.79. The Morgan fingerprint density at radius 1 is 1.04 bits per heavy atom. The van der Waals surface area contributed by atoms with Crippen molar-refractivity contribution < 1.29 is 28.2 Å². The van der Waals surface area contributed by atoms with Crippen LogP contribution in [-0.4, -0.2) is 98.5 Å². The molecule has 3 heterocycles. The number of piperazine rings is 1. The lowest BCUT2D eigenvalue weighted by atomic mass is 9.77. The maximum Gasteiger partial charge on any atom is 0.275 e. The number of carbonyl (C=O) groups is 4. The van der Waals surface area contributed by atoms with Gasteiger partial charge in [-0.3, -0.25) is 19.2 Å². The van der Waals surface area contributed by atoms with Crippen molar-refractivity contribution in [3.8, 4) is 0 Å². The lowest BCUT2D eigenvalue weighted by Crippen LogP contribution is -2.55. The first-order valence-electron chi connectivity index (χ1n) is 15.6. The van der Waals surface area contributed by atoms with E-state index in [0.29, 0.717) is 37.7 Å². The number of benzene rings is 1. The van der Waals surface area contributed by atoms with Gasteiger partial charge in [0.25, 0.3) is 11.8 Å². The van der Waals surface area contributed by atoms with Crippen molar-refractivity contribution in [1.29, 1.82) is 0 Å². The molecule has 3 aromatic rings. The summed E-state index contributed by atoms with van der Waals surface area (Å²) in [7, 11) is 1.98. The molecule has 1 aliphatic carbocycles. The average molecular weight is 655 g/mol. The van der Waals surface area contributed by atoms with E-state index in [2.05, 4.69) is 47.0 Å². The molecule has 1 aliphatic heterocycles. The lowest BCUT2D eigenvalue weighted by molar-refractivity contribution is -0.135. The zero-order chi connectivity index (χ0) is 32.8. The van der Waals surface area contributed by atoms with Gasteiger partial charge in [-0.15, -0.1) is 5.10 Å². The van der Waals surface area contributed by atoms with E-state index in [4.69, 9.17) is 0 Å². The number of Topliss-reactive ketones (excluding diaryl/α,β-unsaturated/α-hetero) is 1. The van der Waals surface area contributed by atoms with Gasteiger partial charge in [-0.25, -0.2) is 9.02 Å². The molecule has 1 saturated heterocycles. The number of carbonyl (C=O) groups excluding carboxylic acids is 4. The number of nitrogens with zero attached hydrogens (tertiary/aromatic N) is 6. The molecule has 0 bridgehead atoms. The maximum absolute atomic E-state index is 15.7. The second-order valence-electron chi connectivity index (χ2n) is 12.4. The number of amides is 3. The summed E-state index contributed by atoms with van der Waals surface area (Å²) in [5, 5.41) is 16.4. The molecule has 15 heteroatoms. The third kappa shape index (κ3) is 7.99. The summed E-state index contributed by atoms with van der Waals surface area (Å²) in [5.74, 6) is -2.38. The number of rotatable bonds is 11. The van der Waals surface area contributed by atoms with Crippen molar-refractivity contribution in [3.05, 3.63) is 58.1 Å². The van der Waals surface area contributed by atoms with Crippen LogP contribution in [0.25, 0.3) is 0 Å². The van der Waals surface area contributed by atoms with Crippen LogP contribution >= 0.6 is 11.5 Å². The van der Waals surface area contributed by atoms with Crippen LogP contribution in [0.1, 0.15) is 76.7 Å². The van der Waals surface area contributed by atoms with E-state index in [0.717, 1.165) is 37.2 Å². The summed E-state index contributed by atoms with van der Waals surface area (Å²) < 4.78 is 24.0. The van der Waals surface area contributed by atoms with E-state index < -0.39 is 35.6 Å². The highest BCUT2D eigenvalue weighted by atomic mass is 32.1. The topological polar surface area (TPSA) is 164 Å². The highest BCUT2D eigenvalue weighted by Crippen LogP contribution is 2.32. The van der Waals surface area contributed by atoms with E-state index in [1.807, 2.05) is 7.05 Å². The summed E-state index contributed by atoms with van der Waals surface area (Å²) in [4.78, 5) is 57.2. The van der Waals surface area contributed by atoms with Gasteiger partial charge in [-0.1, -0.05) is 48.5 Å². The predicted molar refractivity (Wildman–Crippen MR) is 165 cm³/mol. The van der Waals surface area contributed by atoms with Gasteiger partial charge in [-0.2, -0.15) is 0 Å². The summed E-state index contributed by atoms with van der Waals surface area (Å²) in [6, 6.07) is 2.74. The number of halogens is 1. The minimum atomic E-state index is -0.968. The summed E-state index contributed by atoms with van der Waals surface area (Å²) >= 11 is 0.919. The summed E-state index contributed by atoms with van der Waals surface area (Å²) in [6.45, 7) is 6.35. The Balaban J connectivity index is 1.33. The first-order valence-corrected chi connectivity index (χ1v) is 16.3. The molecule has 0 radical (unpaired) electrons. The highest BCUT2D eigenvalue weighted by Gasteiger charge is 2.35. The number of aromatic nitrogens is 4. The number of hydrogen-bond donors (Lipinski definition) is 2. The van der Waals surface area contributed by atoms with Crippen molar-refractivity contribution in [1.82, 2.24) is 40.3 Å². The van der Waals surface area contributed by atoms with E-state index in [1.54, 1.807) is 17.9 Å². The SMILES string of the molecule is CC1CCC([C@H](NC(=O)c2cnon2)C(=O)Cc2ccc([C@H](C)[C@@H](NC(=O)c3cnns3)C(=O)N3CCN(C)CC3)cc2F)CC1. The molecule has 0 spiro atoms. The van der Waals surface area contributed by atoms with Crippen LogP contribution in [0.15, 0.2) is 35.2 Å². The molecule has 13 nitrogen and oxygen atoms in total. The number of ketones is 1. The number of hydrogen-bond acceptors (Lipinski definition) is 11. The van der Waals surface area contributed by atoms with Crippen molar-refractivity contribution in [2.75, 3.05) is 33.2 Å². The molecular formula is C31H39FN8O5S. The van der Waals surface area contributed by atoms with Gasteiger partial charge in [0.2, 0.25) is 5.91 Å². The molecule has 3 atom stereocenters. The van der Waals surface area contributed by atoms with Crippen molar-refractivity contribution >= 4 is 35.0 Å². The van der Waals surface area contributed by atoms with Crippen LogP contribution in [0.2, 0.25) is 0 Å². The Morgan fingerprint density at radius 2 is 1.78 bits per heavy atom. The molecule has 3 amide bonds. The maximum atomic E-state index is 15.7. The van der Waals surface area contributed by atoms with Gasteiger partial charge < -0.3 is 20.4 Å². The van der Waals surface area contributed by atoms with E-state index in [1.165, 1.54) is 24.5 Å². The third-order valence-corrected chi connectivity index (χ3v) is 9.84. The fraction of sp³-hybridized carbons (Fsp3) is 0.548. The van der Waals surface area contributed by atoms with Gasteiger partial charge >= 0.3 is 0 Å². The standard InChI is InChI=1S/C31H39FN8O5S/c1-18-4-6-20(7-5-18)28(36-29(42)24-16-34-45-37-24)25(41)15-22-9-8-21(14-23(22)32)19(2)27(35-30(43)26-17-33-38-46-26)31(44)40-12-10-39(3)11-13-40/h8-9,14,16-20,27-28H,4-7,10-13,15H2,1-3H3,(H,35,43)(H,36,42)/t18?,19-,20?,27+,28-/m0/s1. The Kier molecular flexibility index (Phi) is 10.8. The Labute approximate surface area is 270 Å². The number of likely N-dealkylation sites (N-methyl/N-ethyl adjacent to an activating group) is 1. The Bertz CT molecular complexity index is 1500. The molecule has 2 fully saturated rings. The minimum absolute atomic E-state index is 0.0362. The van der Waals surface area contributed by atoms with E-state index in [9.17, 15) is 19.2 Å². The molecule has 1 aromatic carbocycles. The van der Waals surface area contributed by atoms with Gasteiger partial charge in [0, 0.05) is 38.5 Å². The molecule has 5 rings (SSSR count). The molecule has 0 unspecified atom stereocenters. The molecule has 2 N–H and O–H groups in total. The minimum Gasteiger partial charge on any atom is -0.340 e. The fourth-order valence-electron chi connectivity index (χ4n) is 6.14. The van der Waals surface area contributed by atoms with Crippen LogP contribution in [-0.2, 0) is 16.0 Å². The molecule has 246 valence electrons. The molecule has 2 aromatic heterocycles. The Hall–Kier alpha value is -4.11. The Morgan fingerprint density at radius 3 is 2.41 bits per heavy atom. The summed E-state index contributed by atoms with van der Waals surface area (Å²) in [6.07, 6.45) is 5.67. The fourth-order valence-corrected chi connectivity index (χ4v) is 6.56.